The summed E-state index contributed by atoms with van der Waals surface area (Å²) < 4.78 is 0. The Labute approximate surface area is 127 Å². The lowest BCUT2D eigenvalue weighted by Gasteiger charge is -2.33. The smallest absolute Gasteiger partial charge is 0.264 e. The Bertz CT molecular complexity index is 648. The predicted molar refractivity (Wildman–Crippen MR) is 83.8 cm³/mol. The van der Waals surface area contributed by atoms with Crippen LogP contribution >= 0.6 is 22.7 Å². The third-order valence-electron chi connectivity index (χ3n) is 4.50. The van der Waals surface area contributed by atoms with E-state index in [9.17, 15) is 4.79 Å². The van der Waals surface area contributed by atoms with Crippen molar-refractivity contribution in [1.82, 2.24) is 4.90 Å². The Kier molecular flexibility index (Phi) is 2.97. The Balaban J connectivity index is 1.62. The SMILES string of the molecule is C[C@@H]1c2ccsc2CCN1C(=O)c1cc2c(s1)CCC2. The van der Waals surface area contributed by atoms with Crippen LogP contribution in [0.4, 0.5) is 0 Å². The van der Waals surface area contributed by atoms with Crippen molar-refractivity contribution in [1.29, 1.82) is 0 Å². The molecule has 2 aliphatic rings. The first-order valence-corrected chi connectivity index (χ1v) is 8.92. The highest BCUT2D eigenvalue weighted by Crippen LogP contribution is 2.36. The van der Waals surface area contributed by atoms with Gasteiger partial charge in [-0.25, -0.2) is 0 Å². The van der Waals surface area contributed by atoms with Gasteiger partial charge in [-0.3, -0.25) is 4.79 Å². The molecular formula is C16H17NOS2. The lowest BCUT2D eigenvalue weighted by molar-refractivity contribution is 0.0684. The third kappa shape index (κ3) is 1.85. The lowest BCUT2D eigenvalue weighted by Crippen LogP contribution is -2.37. The molecule has 0 radical (unpaired) electrons. The molecule has 0 fully saturated rings. The van der Waals surface area contributed by atoms with Crippen molar-refractivity contribution >= 4 is 28.6 Å². The molecule has 0 saturated heterocycles. The summed E-state index contributed by atoms with van der Waals surface area (Å²) >= 11 is 3.54. The summed E-state index contributed by atoms with van der Waals surface area (Å²) in [4.78, 5) is 18.7. The minimum Gasteiger partial charge on any atom is -0.331 e. The van der Waals surface area contributed by atoms with Gasteiger partial charge in [-0.05, 0) is 61.2 Å². The molecule has 0 saturated carbocycles. The van der Waals surface area contributed by atoms with Gasteiger partial charge in [0.15, 0.2) is 0 Å². The Hall–Kier alpha value is -1.13. The van der Waals surface area contributed by atoms with Crippen LogP contribution < -0.4 is 0 Å². The minimum atomic E-state index is 0.217. The van der Waals surface area contributed by atoms with E-state index in [-0.39, 0.29) is 11.9 Å². The number of carbonyl (C=O) groups is 1. The number of thiophene rings is 2. The van der Waals surface area contributed by atoms with Crippen LogP contribution in [0.15, 0.2) is 17.5 Å². The molecule has 0 unspecified atom stereocenters. The maximum Gasteiger partial charge on any atom is 0.264 e. The van der Waals surface area contributed by atoms with Crippen molar-refractivity contribution in [2.24, 2.45) is 0 Å². The van der Waals surface area contributed by atoms with Crippen molar-refractivity contribution in [2.45, 2.75) is 38.6 Å². The molecule has 3 heterocycles. The molecule has 2 aromatic heterocycles. The Morgan fingerprint density at radius 1 is 1.30 bits per heavy atom. The molecule has 104 valence electrons. The number of aryl methyl sites for hydroxylation is 2. The van der Waals surface area contributed by atoms with Crippen molar-refractivity contribution in [3.8, 4) is 0 Å². The number of carbonyl (C=O) groups excluding carboxylic acids is 1. The first-order chi connectivity index (χ1) is 9.74. The molecule has 4 rings (SSSR count). The summed E-state index contributed by atoms with van der Waals surface area (Å²) in [6, 6.07) is 4.54. The van der Waals surface area contributed by atoms with Crippen LogP contribution in [-0.4, -0.2) is 17.4 Å². The molecule has 0 spiro atoms. The van der Waals surface area contributed by atoms with E-state index in [1.807, 2.05) is 11.3 Å². The summed E-state index contributed by atoms with van der Waals surface area (Å²) in [5.74, 6) is 0.230. The van der Waals surface area contributed by atoms with Gasteiger partial charge in [0.1, 0.15) is 0 Å². The summed E-state index contributed by atoms with van der Waals surface area (Å²) in [5, 5.41) is 2.15. The molecule has 1 amide bonds. The van der Waals surface area contributed by atoms with Crippen molar-refractivity contribution in [2.75, 3.05) is 6.54 Å². The van der Waals surface area contributed by atoms with E-state index in [1.54, 1.807) is 11.3 Å². The van der Waals surface area contributed by atoms with E-state index >= 15 is 0 Å². The van der Waals surface area contributed by atoms with Gasteiger partial charge in [0.25, 0.3) is 5.91 Å². The number of fused-ring (bicyclic) bond motifs is 2. The standard InChI is InChI=1S/C16H17NOS2/c1-10-12-6-8-19-14(12)5-7-17(10)16(18)15-9-11-3-2-4-13(11)20-15/h6,8-10H,2-5,7H2,1H3/t10-/m1/s1. The van der Waals surface area contributed by atoms with Crippen LogP contribution in [0, 0.1) is 0 Å². The van der Waals surface area contributed by atoms with Gasteiger partial charge >= 0.3 is 0 Å². The largest absolute Gasteiger partial charge is 0.331 e. The van der Waals surface area contributed by atoms with Crippen LogP contribution in [-0.2, 0) is 19.3 Å². The molecule has 1 aliphatic carbocycles. The first-order valence-electron chi connectivity index (χ1n) is 7.23. The maximum atomic E-state index is 12.8. The van der Waals surface area contributed by atoms with E-state index in [0.29, 0.717) is 0 Å². The molecule has 0 bridgehead atoms. The van der Waals surface area contributed by atoms with E-state index in [0.717, 1.165) is 30.7 Å². The zero-order valence-corrected chi connectivity index (χ0v) is 13.1. The predicted octanol–water partition coefficient (Wildman–Crippen LogP) is 4.06. The molecule has 20 heavy (non-hydrogen) atoms. The summed E-state index contributed by atoms with van der Waals surface area (Å²) in [5.41, 5.74) is 2.76. The topological polar surface area (TPSA) is 20.3 Å². The van der Waals surface area contributed by atoms with Gasteiger partial charge in [-0.15, -0.1) is 22.7 Å². The molecular weight excluding hydrogens is 286 g/mol. The van der Waals surface area contributed by atoms with Crippen LogP contribution in [0.3, 0.4) is 0 Å². The second-order valence-corrected chi connectivity index (χ2v) is 7.77. The van der Waals surface area contributed by atoms with Crippen molar-refractivity contribution in [3.63, 3.8) is 0 Å². The molecule has 2 nitrogen and oxygen atoms in total. The van der Waals surface area contributed by atoms with Gasteiger partial charge in [0, 0.05) is 16.3 Å². The van der Waals surface area contributed by atoms with E-state index in [2.05, 4.69) is 29.3 Å². The fraction of sp³-hybridized carbons (Fsp3) is 0.438. The number of rotatable bonds is 1. The van der Waals surface area contributed by atoms with Crippen molar-refractivity contribution < 1.29 is 4.79 Å². The fourth-order valence-corrected chi connectivity index (χ4v) is 5.54. The van der Waals surface area contributed by atoms with Gasteiger partial charge < -0.3 is 4.90 Å². The second kappa shape index (κ2) is 4.71. The number of hydrogen-bond acceptors (Lipinski definition) is 3. The normalized spacial score (nSPS) is 20.9. The van der Waals surface area contributed by atoms with E-state index < -0.39 is 0 Å². The molecule has 1 atom stereocenters. The lowest BCUT2D eigenvalue weighted by atomic mass is 10.0. The molecule has 2 aromatic rings. The molecule has 4 heteroatoms. The highest BCUT2D eigenvalue weighted by atomic mass is 32.1. The number of hydrogen-bond donors (Lipinski definition) is 0. The quantitative estimate of drug-likeness (QED) is 0.778. The highest BCUT2D eigenvalue weighted by Gasteiger charge is 2.30. The fourth-order valence-electron chi connectivity index (χ4n) is 3.36. The zero-order valence-electron chi connectivity index (χ0n) is 11.5. The third-order valence-corrected chi connectivity index (χ3v) is 6.72. The monoisotopic (exact) mass is 303 g/mol. The van der Waals surface area contributed by atoms with Gasteiger partial charge in [-0.2, -0.15) is 0 Å². The summed E-state index contributed by atoms with van der Waals surface area (Å²) in [6.07, 6.45) is 4.59. The zero-order chi connectivity index (χ0) is 13.7. The average Bonchev–Trinajstić information content (AvgIpc) is 3.13. The highest BCUT2D eigenvalue weighted by molar-refractivity contribution is 7.14. The molecule has 0 aromatic carbocycles. The second-order valence-electron chi connectivity index (χ2n) is 5.64. The van der Waals surface area contributed by atoms with Crippen LogP contribution in [0.1, 0.15) is 49.9 Å². The van der Waals surface area contributed by atoms with E-state index in [1.165, 1.54) is 27.3 Å². The van der Waals surface area contributed by atoms with E-state index in [4.69, 9.17) is 0 Å². The van der Waals surface area contributed by atoms with Crippen LogP contribution in [0.5, 0.6) is 0 Å². The molecule has 0 N–H and O–H groups in total. The van der Waals surface area contributed by atoms with Crippen LogP contribution in [0.2, 0.25) is 0 Å². The maximum absolute atomic E-state index is 12.8. The van der Waals surface area contributed by atoms with Crippen molar-refractivity contribution in [3.05, 3.63) is 43.3 Å². The Morgan fingerprint density at radius 3 is 3.05 bits per heavy atom. The average molecular weight is 303 g/mol. The summed E-state index contributed by atoms with van der Waals surface area (Å²) in [6.45, 7) is 3.01. The van der Waals surface area contributed by atoms with Crippen LogP contribution in [0.25, 0.3) is 0 Å². The first kappa shape index (κ1) is 12.6. The minimum absolute atomic E-state index is 0.217. The Morgan fingerprint density at radius 2 is 2.20 bits per heavy atom. The number of amides is 1. The number of nitrogens with zero attached hydrogens (tertiary/aromatic N) is 1. The summed E-state index contributed by atoms with van der Waals surface area (Å²) in [7, 11) is 0. The van der Waals surface area contributed by atoms with Gasteiger partial charge in [0.2, 0.25) is 0 Å². The molecule has 1 aliphatic heterocycles. The van der Waals surface area contributed by atoms with Gasteiger partial charge in [-0.1, -0.05) is 0 Å². The van der Waals surface area contributed by atoms with Gasteiger partial charge in [0.05, 0.1) is 10.9 Å².